The van der Waals surface area contributed by atoms with Crippen molar-refractivity contribution in [1.82, 2.24) is 4.98 Å². The fourth-order valence-corrected chi connectivity index (χ4v) is 1.76. The van der Waals surface area contributed by atoms with Crippen LogP contribution in [-0.2, 0) is 11.4 Å². The lowest BCUT2D eigenvalue weighted by Crippen LogP contribution is -1.98. The molecule has 1 aromatic carbocycles. The molecule has 2 rings (SSSR count). The molecule has 0 unspecified atom stereocenters. The first-order valence-electron chi connectivity index (χ1n) is 6.28. The Morgan fingerprint density at radius 2 is 2.19 bits per heavy atom. The maximum absolute atomic E-state index is 13.8. The predicted octanol–water partition coefficient (Wildman–Crippen LogP) is 3.21. The second kappa shape index (κ2) is 6.65. The van der Waals surface area contributed by atoms with Crippen LogP contribution in [0.3, 0.4) is 0 Å². The number of rotatable bonds is 5. The Hall–Kier alpha value is -2.69. The summed E-state index contributed by atoms with van der Waals surface area (Å²) in [6.07, 6.45) is 5.66. The van der Waals surface area contributed by atoms with Gasteiger partial charge in [0.15, 0.2) is 11.6 Å². The average molecular weight is 287 g/mol. The standard InChI is InChI=1S/C16H14FNO3/c1-11-6-13(9-18-8-11)10-21-15-4-2-12(7-14(15)17)3-5-16(19)20/h2-9H,10H2,1H3,(H,19,20)/b5-3+. The van der Waals surface area contributed by atoms with Gasteiger partial charge in [0.05, 0.1) is 0 Å². The molecule has 0 aliphatic heterocycles. The fourth-order valence-electron chi connectivity index (χ4n) is 1.76. The van der Waals surface area contributed by atoms with E-state index >= 15 is 0 Å². The van der Waals surface area contributed by atoms with Crippen molar-refractivity contribution in [2.45, 2.75) is 13.5 Å². The molecule has 1 aromatic heterocycles. The molecule has 0 bridgehead atoms. The second-order valence-corrected chi connectivity index (χ2v) is 4.52. The van der Waals surface area contributed by atoms with Crippen LogP contribution < -0.4 is 4.74 Å². The van der Waals surface area contributed by atoms with E-state index < -0.39 is 11.8 Å². The van der Waals surface area contributed by atoms with Crippen molar-refractivity contribution < 1.29 is 19.0 Å². The molecule has 2 aromatic rings. The predicted molar refractivity (Wildman–Crippen MR) is 76.4 cm³/mol. The summed E-state index contributed by atoms with van der Waals surface area (Å²) in [5.41, 5.74) is 2.31. The largest absolute Gasteiger partial charge is 0.486 e. The highest BCUT2D eigenvalue weighted by atomic mass is 19.1. The normalized spacial score (nSPS) is 10.8. The number of carboxylic acid groups (broad SMARTS) is 1. The molecule has 0 aliphatic rings. The van der Waals surface area contributed by atoms with Crippen LogP contribution in [0, 0.1) is 12.7 Å². The number of aryl methyl sites for hydroxylation is 1. The summed E-state index contributed by atoms with van der Waals surface area (Å²) >= 11 is 0. The molecular formula is C16H14FNO3. The van der Waals surface area contributed by atoms with Gasteiger partial charge in [-0.2, -0.15) is 0 Å². The third-order valence-electron chi connectivity index (χ3n) is 2.70. The molecule has 5 heteroatoms. The monoisotopic (exact) mass is 287 g/mol. The number of ether oxygens (including phenoxy) is 1. The number of pyridine rings is 1. The van der Waals surface area contributed by atoms with Crippen molar-refractivity contribution in [2.75, 3.05) is 0 Å². The van der Waals surface area contributed by atoms with Gasteiger partial charge in [-0.1, -0.05) is 6.07 Å². The lowest BCUT2D eigenvalue weighted by molar-refractivity contribution is -0.131. The molecule has 0 atom stereocenters. The van der Waals surface area contributed by atoms with E-state index in [1.807, 2.05) is 13.0 Å². The van der Waals surface area contributed by atoms with Crippen molar-refractivity contribution in [3.63, 3.8) is 0 Å². The van der Waals surface area contributed by atoms with Crippen molar-refractivity contribution in [1.29, 1.82) is 0 Å². The molecule has 4 nitrogen and oxygen atoms in total. The smallest absolute Gasteiger partial charge is 0.328 e. The van der Waals surface area contributed by atoms with Crippen LogP contribution in [-0.4, -0.2) is 16.1 Å². The summed E-state index contributed by atoms with van der Waals surface area (Å²) in [7, 11) is 0. The Morgan fingerprint density at radius 1 is 1.38 bits per heavy atom. The van der Waals surface area contributed by atoms with Crippen molar-refractivity contribution >= 4 is 12.0 Å². The second-order valence-electron chi connectivity index (χ2n) is 4.52. The van der Waals surface area contributed by atoms with Crippen LogP contribution in [0.4, 0.5) is 4.39 Å². The van der Waals surface area contributed by atoms with E-state index in [1.165, 1.54) is 18.2 Å². The van der Waals surface area contributed by atoms with E-state index in [0.29, 0.717) is 5.56 Å². The first-order valence-corrected chi connectivity index (χ1v) is 6.28. The molecule has 0 amide bonds. The zero-order chi connectivity index (χ0) is 15.2. The summed E-state index contributed by atoms with van der Waals surface area (Å²) in [5.74, 6) is -1.50. The number of nitrogens with zero attached hydrogens (tertiary/aromatic N) is 1. The van der Waals surface area contributed by atoms with Crippen LogP contribution in [0.2, 0.25) is 0 Å². The lowest BCUT2D eigenvalue weighted by atomic mass is 10.2. The topological polar surface area (TPSA) is 59.4 Å². The van der Waals surface area contributed by atoms with Crippen LogP contribution in [0.1, 0.15) is 16.7 Å². The Kier molecular flexibility index (Phi) is 4.66. The minimum Gasteiger partial charge on any atom is -0.486 e. The molecule has 0 radical (unpaired) electrons. The molecular weight excluding hydrogens is 273 g/mol. The van der Waals surface area contributed by atoms with Gasteiger partial charge in [-0.15, -0.1) is 0 Å². The van der Waals surface area contributed by atoms with Gasteiger partial charge in [0, 0.05) is 24.0 Å². The molecule has 0 aliphatic carbocycles. The van der Waals surface area contributed by atoms with Gasteiger partial charge in [-0.3, -0.25) is 4.98 Å². The third kappa shape index (κ3) is 4.42. The first-order chi connectivity index (χ1) is 10.0. The number of halogens is 1. The zero-order valence-electron chi connectivity index (χ0n) is 11.4. The molecule has 0 fully saturated rings. The van der Waals surface area contributed by atoms with E-state index in [-0.39, 0.29) is 12.4 Å². The molecule has 1 heterocycles. The SMILES string of the molecule is Cc1cncc(COc2ccc(/C=C/C(=O)O)cc2F)c1. The van der Waals surface area contributed by atoms with Gasteiger partial charge in [0.25, 0.3) is 0 Å². The van der Waals surface area contributed by atoms with Gasteiger partial charge in [-0.25, -0.2) is 9.18 Å². The number of carboxylic acids is 1. The van der Waals surface area contributed by atoms with E-state index in [2.05, 4.69) is 4.98 Å². The highest BCUT2D eigenvalue weighted by Gasteiger charge is 2.05. The minimum absolute atomic E-state index is 0.115. The van der Waals surface area contributed by atoms with E-state index in [4.69, 9.17) is 9.84 Å². The Bertz CT molecular complexity index is 683. The Labute approximate surface area is 121 Å². The van der Waals surface area contributed by atoms with Crippen molar-refractivity contribution in [3.8, 4) is 5.75 Å². The highest BCUT2D eigenvalue weighted by Crippen LogP contribution is 2.20. The van der Waals surface area contributed by atoms with Crippen molar-refractivity contribution in [2.24, 2.45) is 0 Å². The summed E-state index contributed by atoms with van der Waals surface area (Å²) in [6.45, 7) is 2.14. The zero-order valence-corrected chi connectivity index (χ0v) is 11.4. The highest BCUT2D eigenvalue weighted by molar-refractivity contribution is 5.85. The van der Waals surface area contributed by atoms with Crippen LogP contribution in [0.15, 0.2) is 42.7 Å². The van der Waals surface area contributed by atoms with E-state index in [9.17, 15) is 9.18 Å². The summed E-state index contributed by atoms with van der Waals surface area (Å²) < 4.78 is 19.2. The lowest BCUT2D eigenvalue weighted by Gasteiger charge is -2.08. The number of hydrogen-bond donors (Lipinski definition) is 1. The minimum atomic E-state index is -1.08. The number of aromatic nitrogens is 1. The Balaban J connectivity index is 2.06. The van der Waals surface area contributed by atoms with Crippen LogP contribution in [0.5, 0.6) is 5.75 Å². The molecule has 0 saturated carbocycles. The molecule has 0 saturated heterocycles. The molecule has 21 heavy (non-hydrogen) atoms. The number of carbonyl (C=O) groups is 1. The first kappa shape index (κ1) is 14.7. The average Bonchev–Trinajstić information content (AvgIpc) is 2.44. The van der Waals surface area contributed by atoms with Gasteiger partial charge in [0.2, 0.25) is 0 Å². The number of benzene rings is 1. The molecule has 0 spiro atoms. The Morgan fingerprint density at radius 3 is 2.86 bits per heavy atom. The molecule has 1 N–H and O–H groups in total. The maximum atomic E-state index is 13.8. The van der Waals surface area contributed by atoms with E-state index in [1.54, 1.807) is 18.5 Å². The van der Waals surface area contributed by atoms with Gasteiger partial charge in [0.1, 0.15) is 6.61 Å². The number of aliphatic carboxylic acids is 1. The van der Waals surface area contributed by atoms with Crippen LogP contribution in [0.25, 0.3) is 6.08 Å². The van der Waals surface area contributed by atoms with Crippen molar-refractivity contribution in [3.05, 3.63) is 65.2 Å². The summed E-state index contributed by atoms with van der Waals surface area (Å²) in [4.78, 5) is 14.4. The van der Waals surface area contributed by atoms with E-state index in [0.717, 1.165) is 17.2 Å². The quantitative estimate of drug-likeness (QED) is 0.858. The fraction of sp³-hybridized carbons (Fsp3) is 0.125. The van der Waals surface area contributed by atoms with Crippen LogP contribution >= 0.6 is 0 Å². The third-order valence-corrected chi connectivity index (χ3v) is 2.70. The van der Waals surface area contributed by atoms with Gasteiger partial charge < -0.3 is 9.84 Å². The van der Waals surface area contributed by atoms with Gasteiger partial charge >= 0.3 is 5.97 Å². The summed E-state index contributed by atoms with van der Waals surface area (Å²) in [6, 6.07) is 6.20. The summed E-state index contributed by atoms with van der Waals surface area (Å²) in [5, 5.41) is 8.52. The van der Waals surface area contributed by atoms with Gasteiger partial charge in [-0.05, 0) is 42.3 Å². The molecule has 108 valence electrons. The number of hydrogen-bond acceptors (Lipinski definition) is 3. The maximum Gasteiger partial charge on any atom is 0.328 e.